The molecule has 1 aromatic carbocycles. The molecule has 0 aliphatic heterocycles. The topological polar surface area (TPSA) is 80.4 Å². The lowest BCUT2D eigenvalue weighted by Gasteiger charge is -2.16. The minimum atomic E-state index is -4.60. The minimum Gasteiger partial charge on any atom is -0.475 e. The summed E-state index contributed by atoms with van der Waals surface area (Å²) in [7, 11) is 0. The van der Waals surface area contributed by atoms with Gasteiger partial charge in [0.25, 0.3) is 0 Å². The number of hydrogen-bond acceptors (Lipinski definition) is 4. The first kappa shape index (κ1) is 14.3. The number of carboxylic acid groups (broad SMARTS) is 1. The van der Waals surface area contributed by atoms with Gasteiger partial charge in [0.2, 0.25) is 0 Å². The number of rotatable bonds is 3. The number of thiol groups is 1. The average molecular weight is 281 g/mol. The number of aliphatic carboxylic acids is 1. The maximum Gasteiger partial charge on any atom is 0.416 e. The molecule has 9 heteroatoms. The van der Waals surface area contributed by atoms with Gasteiger partial charge in [-0.05, 0) is 24.3 Å². The van der Waals surface area contributed by atoms with Crippen LogP contribution in [0.4, 0.5) is 13.2 Å². The molecule has 0 aliphatic carbocycles. The van der Waals surface area contributed by atoms with E-state index in [9.17, 15) is 28.1 Å². The standard InChI is InChI=1S/C9H6F3NO4S/c10-9(11,12)6-3-1-5(2-4-6)8(18,7(14)15)13(16)17/h1-4,18H,(H,14,15). The van der Waals surface area contributed by atoms with Crippen LogP contribution in [-0.4, -0.2) is 16.0 Å². The first-order valence-corrected chi connectivity index (χ1v) is 4.83. The van der Waals surface area contributed by atoms with Crippen LogP contribution in [0, 0.1) is 10.1 Å². The molecular formula is C9H6F3NO4S. The second-order valence-electron chi connectivity index (χ2n) is 3.31. The van der Waals surface area contributed by atoms with Gasteiger partial charge >= 0.3 is 17.0 Å². The normalized spacial score (nSPS) is 14.9. The number of nitro groups is 1. The molecule has 1 N–H and O–H groups in total. The van der Waals surface area contributed by atoms with Gasteiger partial charge in [-0.2, -0.15) is 13.2 Å². The van der Waals surface area contributed by atoms with E-state index in [4.69, 9.17) is 5.11 Å². The molecule has 0 radical (unpaired) electrons. The van der Waals surface area contributed by atoms with Crippen molar-refractivity contribution in [3.05, 3.63) is 45.5 Å². The van der Waals surface area contributed by atoms with Crippen molar-refractivity contribution < 1.29 is 28.0 Å². The fourth-order valence-corrected chi connectivity index (χ4v) is 1.35. The van der Waals surface area contributed by atoms with Gasteiger partial charge in [0.1, 0.15) is 0 Å². The van der Waals surface area contributed by atoms with Gasteiger partial charge in [-0.15, -0.1) is 0 Å². The van der Waals surface area contributed by atoms with Gasteiger partial charge in [-0.25, -0.2) is 4.79 Å². The smallest absolute Gasteiger partial charge is 0.416 e. The number of benzene rings is 1. The second-order valence-corrected chi connectivity index (χ2v) is 3.96. The molecule has 98 valence electrons. The summed E-state index contributed by atoms with van der Waals surface area (Å²) in [6.07, 6.45) is -4.60. The van der Waals surface area contributed by atoms with E-state index in [0.717, 1.165) is 0 Å². The number of nitrogens with zero attached hydrogens (tertiary/aromatic N) is 1. The maximum absolute atomic E-state index is 12.3. The van der Waals surface area contributed by atoms with Crippen molar-refractivity contribution in [2.45, 2.75) is 11.0 Å². The van der Waals surface area contributed by atoms with Gasteiger partial charge < -0.3 is 5.11 Å². The number of hydrogen-bond donors (Lipinski definition) is 2. The number of alkyl halides is 3. The molecule has 1 unspecified atom stereocenters. The number of halogens is 3. The maximum atomic E-state index is 12.3. The Hall–Kier alpha value is -1.77. The summed E-state index contributed by atoms with van der Waals surface area (Å²) in [6, 6.07) is 2.55. The SMILES string of the molecule is O=C(O)C(S)(c1ccc(C(F)(F)F)cc1)[N+](=O)[O-]. The van der Waals surface area contributed by atoms with Gasteiger partial charge in [-0.3, -0.25) is 10.1 Å². The van der Waals surface area contributed by atoms with Crippen molar-refractivity contribution in [3.8, 4) is 0 Å². The fourth-order valence-electron chi connectivity index (χ4n) is 1.20. The highest BCUT2D eigenvalue weighted by molar-refractivity contribution is 7.82. The summed E-state index contributed by atoms with van der Waals surface area (Å²) in [5, 5.41) is 19.4. The predicted octanol–water partition coefficient (Wildman–Crippen LogP) is 2.15. The molecule has 0 aliphatic rings. The van der Waals surface area contributed by atoms with E-state index in [1.807, 2.05) is 0 Å². The van der Waals surface area contributed by atoms with Crippen LogP contribution in [0.5, 0.6) is 0 Å². The minimum absolute atomic E-state index is 0.462. The Kier molecular flexibility index (Phi) is 3.56. The van der Waals surface area contributed by atoms with E-state index in [1.54, 1.807) is 0 Å². The van der Waals surface area contributed by atoms with E-state index in [2.05, 4.69) is 12.6 Å². The van der Waals surface area contributed by atoms with Crippen LogP contribution in [0.1, 0.15) is 11.1 Å². The molecule has 1 atom stereocenters. The lowest BCUT2D eigenvalue weighted by molar-refractivity contribution is -0.531. The van der Waals surface area contributed by atoms with Crippen LogP contribution in [0.2, 0.25) is 0 Å². The first-order chi connectivity index (χ1) is 8.10. The van der Waals surface area contributed by atoms with E-state index in [0.29, 0.717) is 24.3 Å². The molecule has 0 saturated carbocycles. The quantitative estimate of drug-likeness (QED) is 0.385. The summed E-state index contributed by atoms with van der Waals surface area (Å²) < 4.78 is 36.8. The highest BCUT2D eigenvalue weighted by Crippen LogP contribution is 2.33. The molecule has 5 nitrogen and oxygen atoms in total. The second kappa shape index (κ2) is 4.48. The van der Waals surface area contributed by atoms with E-state index in [-0.39, 0.29) is 0 Å². The van der Waals surface area contributed by atoms with Gasteiger partial charge in [0.15, 0.2) is 0 Å². The van der Waals surface area contributed by atoms with Gasteiger partial charge in [0.05, 0.1) is 16.1 Å². The third-order valence-electron chi connectivity index (χ3n) is 2.18. The molecule has 0 bridgehead atoms. The molecular weight excluding hydrogens is 275 g/mol. The molecule has 1 aromatic rings. The number of carboxylic acids is 1. The largest absolute Gasteiger partial charge is 0.475 e. The summed E-state index contributed by atoms with van der Waals surface area (Å²) >= 11 is 3.42. The van der Waals surface area contributed by atoms with Crippen LogP contribution < -0.4 is 0 Å². The van der Waals surface area contributed by atoms with Crippen LogP contribution in [0.3, 0.4) is 0 Å². The Morgan fingerprint density at radius 1 is 1.22 bits per heavy atom. The van der Waals surface area contributed by atoms with Crippen molar-refractivity contribution >= 4 is 18.6 Å². The zero-order valence-corrected chi connectivity index (χ0v) is 9.40. The first-order valence-electron chi connectivity index (χ1n) is 4.38. The third kappa shape index (κ3) is 2.40. The Bertz CT molecular complexity index is 472. The van der Waals surface area contributed by atoms with Crippen LogP contribution in [0.25, 0.3) is 0 Å². The molecule has 18 heavy (non-hydrogen) atoms. The molecule has 1 rings (SSSR count). The lowest BCUT2D eigenvalue weighted by Crippen LogP contribution is -2.38. The predicted molar refractivity (Wildman–Crippen MR) is 56.7 cm³/mol. The molecule has 0 spiro atoms. The van der Waals surface area contributed by atoms with Crippen molar-refractivity contribution in [3.63, 3.8) is 0 Å². The summed E-state index contributed by atoms with van der Waals surface area (Å²) in [6.45, 7) is 0. The fraction of sp³-hybridized carbons (Fsp3) is 0.222. The lowest BCUT2D eigenvalue weighted by atomic mass is 10.0. The molecule has 0 aromatic heterocycles. The summed E-state index contributed by atoms with van der Waals surface area (Å²) in [4.78, 5) is 17.5. The Labute approximate surface area is 104 Å². The Morgan fingerprint density at radius 3 is 1.89 bits per heavy atom. The van der Waals surface area contributed by atoms with Crippen molar-refractivity contribution in [2.24, 2.45) is 0 Å². The van der Waals surface area contributed by atoms with E-state index in [1.165, 1.54) is 0 Å². The van der Waals surface area contributed by atoms with E-state index < -0.39 is 33.1 Å². The summed E-state index contributed by atoms with van der Waals surface area (Å²) in [5.41, 5.74) is -1.49. The zero-order valence-electron chi connectivity index (χ0n) is 8.51. The highest BCUT2D eigenvalue weighted by Gasteiger charge is 2.50. The zero-order chi connectivity index (χ0) is 14.1. The molecule has 0 saturated heterocycles. The molecule has 0 heterocycles. The van der Waals surface area contributed by atoms with Crippen molar-refractivity contribution in [1.29, 1.82) is 0 Å². The van der Waals surface area contributed by atoms with Crippen LogP contribution in [0.15, 0.2) is 24.3 Å². The molecule has 0 amide bonds. The summed E-state index contributed by atoms with van der Waals surface area (Å²) in [5.74, 6) is -1.88. The third-order valence-corrected chi connectivity index (χ3v) is 2.79. The van der Waals surface area contributed by atoms with Gasteiger partial charge in [0, 0.05) is 0 Å². The Morgan fingerprint density at radius 2 is 1.61 bits per heavy atom. The number of carbonyl (C=O) groups is 1. The highest BCUT2D eigenvalue weighted by atomic mass is 32.1. The van der Waals surface area contributed by atoms with Crippen molar-refractivity contribution in [1.82, 2.24) is 0 Å². The average Bonchev–Trinajstić information content (AvgIpc) is 2.26. The van der Waals surface area contributed by atoms with Crippen LogP contribution in [-0.2, 0) is 15.8 Å². The van der Waals surface area contributed by atoms with Crippen LogP contribution >= 0.6 is 12.6 Å². The van der Waals surface area contributed by atoms with E-state index >= 15 is 0 Å². The Balaban J connectivity index is 3.26. The van der Waals surface area contributed by atoms with Gasteiger partial charge in [-0.1, -0.05) is 12.6 Å². The monoisotopic (exact) mass is 281 g/mol. The van der Waals surface area contributed by atoms with Crippen molar-refractivity contribution in [2.75, 3.05) is 0 Å². The molecule has 0 fully saturated rings.